The lowest BCUT2D eigenvalue weighted by Crippen LogP contribution is -2.46. The standard InChI is InChI=1S/C18H23N3O2/c1-3-17(23-4-2)18(22)20-13-15(21-11-7-10-19-21)12-14-8-5-6-9-16(14)20/h5-11,15,17H,3-4,12-13H2,1-2H3/t15-,17-/m1/s1. The van der Waals surface area contributed by atoms with E-state index in [1.807, 2.05) is 53.9 Å². The minimum Gasteiger partial charge on any atom is -0.369 e. The summed E-state index contributed by atoms with van der Waals surface area (Å²) in [5, 5.41) is 4.36. The maximum absolute atomic E-state index is 13.0. The second-order valence-electron chi connectivity index (χ2n) is 5.77. The van der Waals surface area contributed by atoms with Gasteiger partial charge in [-0.05, 0) is 37.5 Å². The van der Waals surface area contributed by atoms with Gasteiger partial charge in [0.1, 0.15) is 6.10 Å². The maximum atomic E-state index is 13.0. The molecule has 0 radical (unpaired) electrons. The average Bonchev–Trinajstić information content (AvgIpc) is 3.12. The molecule has 0 N–H and O–H groups in total. The van der Waals surface area contributed by atoms with Crippen molar-refractivity contribution in [1.29, 1.82) is 0 Å². The number of aromatic nitrogens is 2. The summed E-state index contributed by atoms with van der Waals surface area (Å²) >= 11 is 0. The van der Waals surface area contributed by atoms with E-state index in [0.29, 0.717) is 19.6 Å². The summed E-state index contributed by atoms with van der Waals surface area (Å²) in [7, 11) is 0. The quantitative estimate of drug-likeness (QED) is 0.853. The highest BCUT2D eigenvalue weighted by molar-refractivity contribution is 5.97. The van der Waals surface area contributed by atoms with Gasteiger partial charge in [0, 0.05) is 31.2 Å². The van der Waals surface area contributed by atoms with E-state index >= 15 is 0 Å². The van der Waals surface area contributed by atoms with Gasteiger partial charge >= 0.3 is 0 Å². The number of benzene rings is 1. The molecule has 122 valence electrons. The van der Waals surface area contributed by atoms with Crippen LogP contribution in [0.25, 0.3) is 0 Å². The van der Waals surface area contributed by atoms with Crippen molar-refractivity contribution in [2.24, 2.45) is 0 Å². The van der Waals surface area contributed by atoms with Crippen LogP contribution in [0.2, 0.25) is 0 Å². The van der Waals surface area contributed by atoms with Gasteiger partial charge in [0.15, 0.2) is 0 Å². The molecule has 0 saturated heterocycles. The van der Waals surface area contributed by atoms with Gasteiger partial charge in [-0.25, -0.2) is 0 Å². The molecule has 1 amide bonds. The molecule has 1 aliphatic heterocycles. The summed E-state index contributed by atoms with van der Waals surface area (Å²) in [5.74, 6) is 0.0404. The molecule has 5 nitrogen and oxygen atoms in total. The number of fused-ring (bicyclic) bond motifs is 1. The number of hydrogen-bond donors (Lipinski definition) is 0. The van der Waals surface area contributed by atoms with E-state index in [-0.39, 0.29) is 18.1 Å². The van der Waals surface area contributed by atoms with Gasteiger partial charge in [-0.1, -0.05) is 25.1 Å². The van der Waals surface area contributed by atoms with Gasteiger partial charge in [0.25, 0.3) is 5.91 Å². The molecular formula is C18H23N3O2. The fourth-order valence-corrected chi connectivity index (χ4v) is 3.20. The average molecular weight is 313 g/mol. The third kappa shape index (κ3) is 3.15. The van der Waals surface area contributed by atoms with E-state index in [2.05, 4.69) is 11.2 Å². The molecule has 5 heteroatoms. The van der Waals surface area contributed by atoms with E-state index in [0.717, 1.165) is 12.1 Å². The van der Waals surface area contributed by atoms with E-state index in [1.165, 1.54) is 5.56 Å². The number of hydrogen-bond acceptors (Lipinski definition) is 3. The predicted molar refractivity (Wildman–Crippen MR) is 89.5 cm³/mol. The molecule has 2 atom stereocenters. The molecule has 1 aliphatic rings. The number of para-hydroxylation sites is 1. The zero-order valence-corrected chi connectivity index (χ0v) is 13.7. The first-order valence-corrected chi connectivity index (χ1v) is 8.24. The molecular weight excluding hydrogens is 290 g/mol. The topological polar surface area (TPSA) is 47.4 Å². The third-order valence-electron chi connectivity index (χ3n) is 4.31. The van der Waals surface area contributed by atoms with Gasteiger partial charge in [0.2, 0.25) is 0 Å². The molecule has 0 bridgehead atoms. The third-order valence-corrected chi connectivity index (χ3v) is 4.31. The highest BCUT2D eigenvalue weighted by atomic mass is 16.5. The van der Waals surface area contributed by atoms with Crippen molar-refractivity contribution >= 4 is 11.6 Å². The molecule has 0 fully saturated rings. The summed E-state index contributed by atoms with van der Waals surface area (Å²) in [6.07, 6.45) is 4.91. The summed E-state index contributed by atoms with van der Waals surface area (Å²) in [5.41, 5.74) is 2.18. The molecule has 2 heterocycles. The molecule has 23 heavy (non-hydrogen) atoms. The zero-order valence-electron chi connectivity index (χ0n) is 13.7. The molecule has 0 saturated carbocycles. The fourth-order valence-electron chi connectivity index (χ4n) is 3.20. The van der Waals surface area contributed by atoms with Crippen molar-refractivity contribution in [1.82, 2.24) is 9.78 Å². The fraction of sp³-hybridized carbons (Fsp3) is 0.444. The lowest BCUT2D eigenvalue weighted by Gasteiger charge is -2.36. The second-order valence-corrected chi connectivity index (χ2v) is 5.77. The van der Waals surface area contributed by atoms with Gasteiger partial charge in [-0.2, -0.15) is 5.10 Å². The van der Waals surface area contributed by atoms with Crippen molar-refractivity contribution in [2.75, 3.05) is 18.1 Å². The zero-order chi connectivity index (χ0) is 16.2. The Kier molecular flexibility index (Phi) is 4.76. The number of carbonyl (C=O) groups excluding carboxylic acids is 1. The van der Waals surface area contributed by atoms with E-state index < -0.39 is 0 Å². The Bertz CT molecular complexity index is 654. The van der Waals surface area contributed by atoms with Crippen LogP contribution in [0.15, 0.2) is 42.7 Å². The number of anilines is 1. The Labute approximate surface area is 136 Å². The lowest BCUT2D eigenvalue weighted by atomic mass is 9.97. The van der Waals surface area contributed by atoms with Crippen LogP contribution in [0.5, 0.6) is 0 Å². The van der Waals surface area contributed by atoms with Gasteiger partial charge in [0.05, 0.1) is 6.04 Å². The smallest absolute Gasteiger partial charge is 0.256 e. The monoisotopic (exact) mass is 313 g/mol. The van der Waals surface area contributed by atoms with Crippen LogP contribution in [0.1, 0.15) is 31.9 Å². The van der Waals surface area contributed by atoms with Crippen LogP contribution in [0, 0.1) is 0 Å². The first-order valence-electron chi connectivity index (χ1n) is 8.24. The Morgan fingerprint density at radius 2 is 2.17 bits per heavy atom. The number of carbonyl (C=O) groups is 1. The predicted octanol–water partition coefficient (Wildman–Crippen LogP) is 2.83. The summed E-state index contributed by atoms with van der Waals surface area (Å²) in [6.45, 7) is 5.08. The van der Waals surface area contributed by atoms with E-state index in [1.54, 1.807) is 6.20 Å². The highest BCUT2D eigenvalue weighted by Crippen LogP contribution is 2.32. The van der Waals surface area contributed by atoms with Crippen LogP contribution in [-0.4, -0.2) is 34.9 Å². The minimum atomic E-state index is -0.385. The van der Waals surface area contributed by atoms with Gasteiger partial charge in [-0.3, -0.25) is 9.48 Å². The van der Waals surface area contributed by atoms with Crippen LogP contribution in [0.4, 0.5) is 5.69 Å². The normalized spacial score (nSPS) is 18.5. The Morgan fingerprint density at radius 1 is 1.35 bits per heavy atom. The van der Waals surface area contributed by atoms with E-state index in [9.17, 15) is 4.79 Å². The Morgan fingerprint density at radius 3 is 2.87 bits per heavy atom. The van der Waals surface area contributed by atoms with Crippen LogP contribution >= 0.6 is 0 Å². The number of ether oxygens (including phenoxy) is 1. The Balaban J connectivity index is 1.92. The van der Waals surface area contributed by atoms with Crippen molar-refractivity contribution in [3.05, 3.63) is 48.3 Å². The van der Waals surface area contributed by atoms with Crippen LogP contribution < -0.4 is 4.90 Å². The van der Waals surface area contributed by atoms with E-state index in [4.69, 9.17) is 4.74 Å². The molecule has 0 aliphatic carbocycles. The molecule has 1 aromatic carbocycles. The molecule has 3 rings (SSSR count). The highest BCUT2D eigenvalue weighted by Gasteiger charge is 2.32. The lowest BCUT2D eigenvalue weighted by molar-refractivity contribution is -0.130. The summed E-state index contributed by atoms with van der Waals surface area (Å²) in [4.78, 5) is 14.8. The molecule has 2 aromatic rings. The van der Waals surface area contributed by atoms with Crippen LogP contribution in [0.3, 0.4) is 0 Å². The number of rotatable bonds is 5. The second kappa shape index (κ2) is 6.96. The van der Waals surface area contributed by atoms with Crippen molar-refractivity contribution in [2.45, 2.75) is 38.8 Å². The first kappa shape index (κ1) is 15.7. The maximum Gasteiger partial charge on any atom is 0.256 e. The first-order chi connectivity index (χ1) is 11.2. The summed E-state index contributed by atoms with van der Waals surface area (Å²) < 4.78 is 7.58. The van der Waals surface area contributed by atoms with Crippen molar-refractivity contribution < 1.29 is 9.53 Å². The molecule has 0 spiro atoms. The van der Waals surface area contributed by atoms with Crippen molar-refractivity contribution in [3.8, 4) is 0 Å². The number of nitrogens with zero attached hydrogens (tertiary/aromatic N) is 3. The number of amides is 1. The molecule has 1 aromatic heterocycles. The van der Waals surface area contributed by atoms with Gasteiger partial charge < -0.3 is 9.64 Å². The summed E-state index contributed by atoms with van der Waals surface area (Å²) in [6, 6.07) is 10.2. The SMILES string of the molecule is CCO[C@H](CC)C(=O)N1C[C@H](n2cccn2)Cc2ccccc21. The van der Waals surface area contributed by atoms with Gasteiger partial charge in [-0.15, -0.1) is 0 Å². The Hall–Kier alpha value is -2.14. The minimum absolute atomic E-state index is 0.0404. The van der Waals surface area contributed by atoms with Crippen molar-refractivity contribution in [3.63, 3.8) is 0 Å². The van der Waals surface area contributed by atoms with Crippen LogP contribution in [-0.2, 0) is 16.0 Å². The largest absolute Gasteiger partial charge is 0.369 e. The molecule has 0 unspecified atom stereocenters.